The van der Waals surface area contributed by atoms with Gasteiger partial charge < -0.3 is 5.73 Å². The largest absolute Gasteiger partial charge is 0.399 e. The van der Waals surface area contributed by atoms with Crippen LogP contribution >= 0.6 is 0 Å². The van der Waals surface area contributed by atoms with Crippen LogP contribution in [0, 0.1) is 18.8 Å². The number of rotatable bonds is 0. The minimum Gasteiger partial charge on any atom is -0.399 e. The molecule has 2 rings (SSSR count). The van der Waals surface area contributed by atoms with E-state index in [-0.39, 0.29) is 0 Å². The van der Waals surface area contributed by atoms with Crippen molar-refractivity contribution >= 4 is 5.69 Å². The molecule has 0 unspecified atom stereocenters. The second-order valence-corrected chi connectivity index (χ2v) is 3.69. The third kappa shape index (κ3) is 2.43. The lowest BCUT2D eigenvalue weighted by atomic mass is 10.1. The quantitative estimate of drug-likeness (QED) is 0.521. The first-order valence-corrected chi connectivity index (χ1v) is 5.19. The van der Waals surface area contributed by atoms with Crippen LogP contribution in [0.4, 0.5) is 5.69 Å². The van der Waals surface area contributed by atoms with E-state index in [4.69, 9.17) is 5.73 Å². The Morgan fingerprint density at radius 2 is 1.75 bits per heavy atom. The van der Waals surface area contributed by atoms with E-state index in [1.807, 2.05) is 42.5 Å². The predicted octanol–water partition coefficient (Wildman–Crippen LogP) is 2.98. The molecular weight excluding hydrogens is 194 g/mol. The summed E-state index contributed by atoms with van der Waals surface area (Å²) in [6.07, 6.45) is 0. The van der Waals surface area contributed by atoms with Gasteiger partial charge in [0.1, 0.15) is 0 Å². The summed E-state index contributed by atoms with van der Waals surface area (Å²) in [4.78, 5) is 0. The fourth-order valence-electron chi connectivity index (χ4n) is 1.47. The number of anilines is 1. The smallest absolute Gasteiger partial charge is 0.0326 e. The van der Waals surface area contributed by atoms with Gasteiger partial charge in [-0.15, -0.1) is 0 Å². The van der Waals surface area contributed by atoms with Crippen molar-refractivity contribution in [3.63, 3.8) is 0 Å². The molecule has 0 saturated heterocycles. The van der Waals surface area contributed by atoms with E-state index in [0.29, 0.717) is 0 Å². The lowest BCUT2D eigenvalue weighted by molar-refractivity contribution is 1.44. The fraction of sp³-hybridized carbons (Fsp3) is 0.0667. The van der Waals surface area contributed by atoms with Gasteiger partial charge in [-0.2, -0.15) is 0 Å². The highest BCUT2D eigenvalue weighted by Crippen LogP contribution is 2.07. The van der Waals surface area contributed by atoms with Crippen LogP contribution < -0.4 is 5.73 Å². The highest BCUT2D eigenvalue weighted by atomic mass is 14.5. The summed E-state index contributed by atoms with van der Waals surface area (Å²) in [5.74, 6) is 6.26. The van der Waals surface area contributed by atoms with Crippen LogP contribution in [0.15, 0.2) is 48.5 Å². The van der Waals surface area contributed by atoms with E-state index in [1.165, 1.54) is 5.56 Å². The first kappa shape index (κ1) is 10.3. The standard InChI is InChI=1S/C15H13N/c1-12-5-2-3-7-14(12)10-9-13-6-4-8-15(16)11-13/h2-8,11H,16H2,1H3. The maximum absolute atomic E-state index is 5.69. The molecule has 0 saturated carbocycles. The number of aryl methyl sites for hydroxylation is 1. The van der Waals surface area contributed by atoms with E-state index >= 15 is 0 Å². The molecule has 1 heteroatoms. The fourth-order valence-corrected chi connectivity index (χ4v) is 1.47. The average molecular weight is 207 g/mol. The van der Waals surface area contributed by atoms with Crippen LogP contribution in [-0.4, -0.2) is 0 Å². The Hall–Kier alpha value is -2.20. The number of hydrogen-bond acceptors (Lipinski definition) is 1. The SMILES string of the molecule is Cc1ccccc1C#Cc1cccc(N)c1. The number of benzene rings is 2. The molecule has 0 fully saturated rings. The monoisotopic (exact) mass is 207 g/mol. The molecule has 78 valence electrons. The third-order valence-corrected chi connectivity index (χ3v) is 2.37. The molecule has 16 heavy (non-hydrogen) atoms. The second kappa shape index (κ2) is 4.55. The number of nitrogen functional groups attached to an aromatic ring is 1. The molecule has 0 bridgehead atoms. The van der Waals surface area contributed by atoms with Gasteiger partial charge in [-0.05, 0) is 36.8 Å². The van der Waals surface area contributed by atoms with Crippen LogP contribution in [0.1, 0.15) is 16.7 Å². The Morgan fingerprint density at radius 1 is 0.938 bits per heavy atom. The van der Waals surface area contributed by atoms with Gasteiger partial charge in [0, 0.05) is 16.8 Å². The molecule has 0 atom stereocenters. The maximum atomic E-state index is 5.69. The Morgan fingerprint density at radius 3 is 2.50 bits per heavy atom. The van der Waals surface area contributed by atoms with E-state index in [2.05, 4.69) is 24.8 Å². The highest BCUT2D eigenvalue weighted by Gasteiger charge is 1.91. The molecule has 0 aliphatic carbocycles. The van der Waals surface area contributed by atoms with Crippen LogP contribution in [-0.2, 0) is 0 Å². The molecule has 2 aromatic carbocycles. The zero-order chi connectivity index (χ0) is 11.4. The zero-order valence-electron chi connectivity index (χ0n) is 9.20. The van der Waals surface area contributed by atoms with Crippen molar-refractivity contribution in [3.8, 4) is 11.8 Å². The minimum absolute atomic E-state index is 0.747. The first-order valence-electron chi connectivity index (χ1n) is 5.19. The molecule has 0 radical (unpaired) electrons. The molecule has 0 amide bonds. The molecule has 0 aliphatic heterocycles. The molecule has 0 heterocycles. The van der Waals surface area contributed by atoms with Crippen LogP contribution in [0.5, 0.6) is 0 Å². The lowest BCUT2D eigenvalue weighted by Crippen LogP contribution is -1.85. The van der Waals surface area contributed by atoms with Gasteiger partial charge in [-0.1, -0.05) is 36.1 Å². The van der Waals surface area contributed by atoms with Crippen molar-refractivity contribution in [1.29, 1.82) is 0 Å². The summed E-state index contributed by atoms with van der Waals surface area (Å²) in [5, 5.41) is 0. The molecule has 2 N–H and O–H groups in total. The average Bonchev–Trinajstić information content (AvgIpc) is 2.28. The molecular formula is C15H13N. The van der Waals surface area contributed by atoms with Crippen LogP contribution in [0.25, 0.3) is 0 Å². The van der Waals surface area contributed by atoms with Gasteiger partial charge in [0.15, 0.2) is 0 Å². The summed E-state index contributed by atoms with van der Waals surface area (Å²) in [6, 6.07) is 15.7. The van der Waals surface area contributed by atoms with Crippen molar-refractivity contribution in [1.82, 2.24) is 0 Å². The van der Waals surface area contributed by atoms with E-state index in [1.54, 1.807) is 0 Å². The maximum Gasteiger partial charge on any atom is 0.0326 e. The summed E-state index contributed by atoms with van der Waals surface area (Å²) < 4.78 is 0. The van der Waals surface area contributed by atoms with Gasteiger partial charge in [0.05, 0.1) is 0 Å². The number of nitrogens with two attached hydrogens (primary N) is 1. The van der Waals surface area contributed by atoms with Gasteiger partial charge >= 0.3 is 0 Å². The second-order valence-electron chi connectivity index (χ2n) is 3.69. The highest BCUT2D eigenvalue weighted by molar-refractivity contribution is 5.50. The van der Waals surface area contributed by atoms with Gasteiger partial charge in [0.2, 0.25) is 0 Å². The molecule has 2 aromatic rings. The van der Waals surface area contributed by atoms with Crippen molar-refractivity contribution in [3.05, 3.63) is 65.2 Å². The van der Waals surface area contributed by atoms with Crippen LogP contribution in [0.3, 0.4) is 0 Å². The summed E-state index contributed by atoms with van der Waals surface area (Å²) in [6.45, 7) is 2.06. The van der Waals surface area contributed by atoms with Gasteiger partial charge in [-0.25, -0.2) is 0 Å². The first-order chi connectivity index (χ1) is 7.75. The Balaban J connectivity index is 2.32. The van der Waals surface area contributed by atoms with Crippen LogP contribution in [0.2, 0.25) is 0 Å². The normalized spacial score (nSPS) is 9.31. The predicted molar refractivity (Wildman–Crippen MR) is 68.0 cm³/mol. The Kier molecular flexibility index (Phi) is 2.93. The van der Waals surface area contributed by atoms with Gasteiger partial charge in [-0.3, -0.25) is 0 Å². The van der Waals surface area contributed by atoms with E-state index in [9.17, 15) is 0 Å². The van der Waals surface area contributed by atoms with Crippen molar-refractivity contribution in [2.45, 2.75) is 6.92 Å². The van der Waals surface area contributed by atoms with E-state index in [0.717, 1.165) is 16.8 Å². The molecule has 0 spiro atoms. The summed E-state index contributed by atoms with van der Waals surface area (Å²) in [5.41, 5.74) is 9.64. The minimum atomic E-state index is 0.747. The van der Waals surface area contributed by atoms with Gasteiger partial charge in [0.25, 0.3) is 0 Å². The van der Waals surface area contributed by atoms with Crippen molar-refractivity contribution < 1.29 is 0 Å². The Labute approximate surface area is 95.9 Å². The number of hydrogen-bond donors (Lipinski definition) is 1. The van der Waals surface area contributed by atoms with E-state index < -0.39 is 0 Å². The molecule has 1 nitrogen and oxygen atoms in total. The van der Waals surface area contributed by atoms with Crippen molar-refractivity contribution in [2.75, 3.05) is 5.73 Å². The Bertz CT molecular complexity index is 559. The topological polar surface area (TPSA) is 26.0 Å². The molecule has 0 aliphatic rings. The lowest BCUT2D eigenvalue weighted by Gasteiger charge is -1.95. The summed E-state index contributed by atoms with van der Waals surface area (Å²) >= 11 is 0. The molecule has 0 aromatic heterocycles. The summed E-state index contributed by atoms with van der Waals surface area (Å²) in [7, 11) is 0. The zero-order valence-corrected chi connectivity index (χ0v) is 9.20. The van der Waals surface area contributed by atoms with Crippen molar-refractivity contribution in [2.24, 2.45) is 0 Å². The third-order valence-electron chi connectivity index (χ3n) is 2.37.